The fraction of sp³-hybridized carbons (Fsp3) is 0.553. The van der Waals surface area contributed by atoms with Crippen LogP contribution in [0.4, 0.5) is 10.1 Å². The Morgan fingerprint density at radius 3 is 2.45 bits per heavy atom. The van der Waals surface area contributed by atoms with Crippen LogP contribution in [0.2, 0.25) is 0 Å². The van der Waals surface area contributed by atoms with Crippen molar-refractivity contribution in [1.82, 2.24) is 19.8 Å². The molecule has 3 aliphatic heterocycles. The number of benzene rings is 2. The van der Waals surface area contributed by atoms with Gasteiger partial charge in [-0.25, -0.2) is 4.39 Å². The molecule has 0 aromatic heterocycles. The molecule has 0 spiro atoms. The summed E-state index contributed by atoms with van der Waals surface area (Å²) >= 11 is 0. The topological polar surface area (TPSA) is 154 Å². The number of hydrogen-bond donors (Lipinski definition) is 4. The predicted octanol–water partition coefficient (Wildman–Crippen LogP) is 4.09. The first-order valence-corrected chi connectivity index (χ1v) is 19.7. The van der Waals surface area contributed by atoms with Crippen LogP contribution in [-0.4, -0.2) is 83.6 Å². The highest BCUT2D eigenvalue weighted by Gasteiger charge is 2.38. The zero-order valence-corrected chi connectivity index (χ0v) is 29.8. The van der Waals surface area contributed by atoms with Crippen molar-refractivity contribution in [3.05, 3.63) is 59.4 Å². The van der Waals surface area contributed by atoms with Crippen molar-refractivity contribution in [3.63, 3.8) is 0 Å². The van der Waals surface area contributed by atoms with Gasteiger partial charge in [-0.1, -0.05) is 24.0 Å². The van der Waals surface area contributed by atoms with E-state index in [-0.39, 0.29) is 52.3 Å². The van der Waals surface area contributed by atoms with Crippen molar-refractivity contribution < 1.29 is 32.3 Å². The van der Waals surface area contributed by atoms with Crippen LogP contribution in [0.5, 0.6) is 0 Å². The number of halogens is 1. The van der Waals surface area contributed by atoms with Gasteiger partial charge in [0.05, 0.1) is 23.8 Å². The third-order valence-electron chi connectivity index (χ3n) is 10.8. The number of carbonyl (C=O) groups excluding carboxylic acids is 3. The molecule has 51 heavy (non-hydrogen) atoms. The van der Waals surface area contributed by atoms with Gasteiger partial charge in [-0.05, 0) is 91.7 Å². The van der Waals surface area contributed by atoms with Crippen molar-refractivity contribution in [2.75, 3.05) is 45.1 Å². The van der Waals surface area contributed by atoms with Crippen molar-refractivity contribution in [3.8, 4) is 11.8 Å². The number of imide groups is 1. The highest BCUT2D eigenvalue weighted by molar-refractivity contribution is 7.95. The highest BCUT2D eigenvalue weighted by Crippen LogP contribution is 2.31. The van der Waals surface area contributed by atoms with Crippen LogP contribution in [-0.2, 0) is 33.7 Å². The van der Waals surface area contributed by atoms with Crippen LogP contribution < -0.4 is 15.8 Å². The van der Waals surface area contributed by atoms with Gasteiger partial charge in [-0.15, -0.1) is 4.72 Å². The van der Waals surface area contributed by atoms with Crippen LogP contribution in [0.25, 0.3) is 0 Å². The van der Waals surface area contributed by atoms with Gasteiger partial charge in [0.1, 0.15) is 6.61 Å². The zero-order valence-electron chi connectivity index (χ0n) is 29.0. The number of ether oxygens (including phenoxy) is 1. The fourth-order valence-corrected chi connectivity index (χ4v) is 9.13. The SMILES string of the molecule is Nc1ccc([S+](=O)(O)NC2CCC(C(=O)N3CCC(CN4CCC(OCC#Cc5cccc(C6CCC(=O)NC6=O)c5)CC4)CC3)CC2)cc1F. The molecule has 3 heterocycles. The molecule has 2 aromatic rings. The molecule has 1 saturated carbocycles. The number of nitrogen functional groups attached to an aromatic ring is 1. The Bertz CT molecular complexity index is 1690. The Balaban J connectivity index is 0.856. The summed E-state index contributed by atoms with van der Waals surface area (Å²) in [4.78, 5) is 41.5. The number of nitrogens with one attached hydrogen (secondary N) is 2. The lowest BCUT2D eigenvalue weighted by atomic mass is 9.85. The van der Waals surface area contributed by atoms with Crippen molar-refractivity contribution >= 4 is 33.8 Å². The predicted molar refractivity (Wildman–Crippen MR) is 192 cm³/mol. The standard InChI is InChI=1S/C38H48FN5O6S/c39-34-24-32(10-12-35(34)40)51(48,49)42-30-8-6-28(7-9-30)38(47)44-20-14-27(15-21-44)25-43-18-16-31(17-19-43)50-22-2-4-26-3-1-5-29(23-26)33-11-13-36(45)41-37(33)46/h1,3,5,10,12,23-24,27-28,30-31,33H,6-9,11,13-22,25H2,(H4-,40,41,42,45,46,48,49)/p+1. The Morgan fingerprint density at radius 1 is 1.00 bits per heavy atom. The molecule has 5 N–H and O–H groups in total. The van der Waals surface area contributed by atoms with E-state index < -0.39 is 16.2 Å². The maximum atomic E-state index is 13.9. The normalized spacial score (nSPS) is 25.1. The van der Waals surface area contributed by atoms with Crippen molar-refractivity contribution in [2.24, 2.45) is 11.8 Å². The number of hydrogen-bond acceptors (Lipinski definition) is 7. The van der Waals surface area contributed by atoms with Gasteiger partial charge in [-0.2, -0.15) is 4.55 Å². The quantitative estimate of drug-likeness (QED) is 0.131. The van der Waals surface area contributed by atoms with Gasteiger partial charge in [0.25, 0.3) is 0 Å². The van der Waals surface area contributed by atoms with E-state index in [1.807, 2.05) is 29.2 Å². The van der Waals surface area contributed by atoms with Crippen LogP contribution in [0.1, 0.15) is 81.3 Å². The minimum atomic E-state index is -3.62. The number of amides is 3. The first-order chi connectivity index (χ1) is 24.5. The smallest absolute Gasteiger partial charge is 0.323 e. The molecule has 3 saturated heterocycles. The van der Waals surface area contributed by atoms with Crippen molar-refractivity contribution in [2.45, 2.75) is 87.2 Å². The van der Waals surface area contributed by atoms with Crippen LogP contribution in [0.3, 0.4) is 0 Å². The minimum absolute atomic E-state index is 0.0388. The second-order valence-corrected chi connectivity index (χ2v) is 16.1. The molecule has 2 atom stereocenters. The molecule has 11 nitrogen and oxygen atoms in total. The van der Waals surface area contributed by atoms with Crippen LogP contribution in [0, 0.1) is 29.5 Å². The Kier molecular flexibility index (Phi) is 12.2. The third kappa shape index (κ3) is 9.81. The number of likely N-dealkylation sites (tertiary alicyclic amines) is 2. The fourth-order valence-electron chi connectivity index (χ4n) is 7.79. The molecule has 13 heteroatoms. The van der Waals surface area contributed by atoms with Crippen LogP contribution >= 0.6 is 0 Å². The van der Waals surface area contributed by atoms with Gasteiger partial charge in [0, 0.05) is 62.8 Å². The molecular weight excluding hydrogens is 674 g/mol. The Morgan fingerprint density at radius 2 is 1.75 bits per heavy atom. The summed E-state index contributed by atoms with van der Waals surface area (Å²) in [6.45, 7) is 4.89. The van der Waals surface area contributed by atoms with E-state index in [0.717, 1.165) is 75.6 Å². The van der Waals surface area contributed by atoms with Gasteiger partial charge in [0.15, 0.2) is 5.82 Å². The molecule has 4 aliphatic rings. The Hall–Kier alpha value is -3.67. The zero-order chi connectivity index (χ0) is 36.0. The summed E-state index contributed by atoms with van der Waals surface area (Å²) in [5.74, 6) is 5.44. The second kappa shape index (κ2) is 16.8. The lowest BCUT2D eigenvalue weighted by Crippen LogP contribution is -2.47. The number of rotatable bonds is 9. The number of piperidine rings is 3. The summed E-state index contributed by atoms with van der Waals surface area (Å²) < 4.78 is 46.1. The lowest BCUT2D eigenvalue weighted by molar-refractivity contribution is -0.138. The summed E-state index contributed by atoms with van der Waals surface area (Å²) in [7, 11) is -3.62. The average Bonchev–Trinajstić information content (AvgIpc) is 3.12. The maximum absolute atomic E-state index is 13.9. The van der Waals surface area contributed by atoms with E-state index in [2.05, 4.69) is 26.8 Å². The minimum Gasteiger partial charge on any atom is -0.396 e. The third-order valence-corrected chi connectivity index (χ3v) is 12.4. The highest BCUT2D eigenvalue weighted by atomic mass is 32.3. The number of nitrogens with zero attached hydrogens (tertiary/aromatic N) is 2. The Labute approximate surface area is 300 Å². The molecule has 0 radical (unpaired) electrons. The largest absolute Gasteiger partial charge is 0.396 e. The first-order valence-electron chi connectivity index (χ1n) is 18.2. The summed E-state index contributed by atoms with van der Waals surface area (Å²) in [6.07, 6.45) is 7.47. The summed E-state index contributed by atoms with van der Waals surface area (Å²) in [5, 5.41) is 2.42. The molecule has 2 aromatic carbocycles. The van der Waals surface area contributed by atoms with E-state index in [4.69, 9.17) is 10.5 Å². The van der Waals surface area contributed by atoms with E-state index in [0.29, 0.717) is 51.0 Å². The molecule has 274 valence electrons. The number of anilines is 1. The molecular formula is C38H49FN5O6S+. The van der Waals surface area contributed by atoms with E-state index in [1.54, 1.807) is 0 Å². The number of nitrogens with two attached hydrogens (primary N) is 1. The second-order valence-electron chi connectivity index (χ2n) is 14.4. The molecule has 1 aliphatic carbocycles. The summed E-state index contributed by atoms with van der Waals surface area (Å²) in [6, 6.07) is 11.1. The van der Waals surface area contributed by atoms with E-state index in [9.17, 15) is 27.5 Å². The molecule has 3 amide bonds. The average molecular weight is 723 g/mol. The van der Waals surface area contributed by atoms with E-state index >= 15 is 0 Å². The van der Waals surface area contributed by atoms with E-state index in [1.165, 1.54) is 12.1 Å². The van der Waals surface area contributed by atoms with Crippen molar-refractivity contribution in [1.29, 1.82) is 0 Å². The lowest BCUT2D eigenvalue weighted by Gasteiger charge is -2.39. The molecule has 2 unspecified atom stereocenters. The first kappa shape index (κ1) is 37.1. The molecule has 6 rings (SSSR count). The van der Waals surface area contributed by atoms with Crippen LogP contribution in [0.15, 0.2) is 47.4 Å². The molecule has 0 bridgehead atoms. The maximum Gasteiger partial charge on any atom is 0.323 e. The summed E-state index contributed by atoms with van der Waals surface area (Å²) in [5.41, 5.74) is 7.13. The monoisotopic (exact) mass is 722 g/mol. The number of carbonyl (C=O) groups is 3. The van der Waals surface area contributed by atoms with Gasteiger partial charge in [-0.3, -0.25) is 19.7 Å². The molecule has 4 fully saturated rings. The van der Waals surface area contributed by atoms with Gasteiger partial charge < -0.3 is 20.3 Å². The van der Waals surface area contributed by atoms with Gasteiger partial charge >= 0.3 is 10.4 Å². The van der Waals surface area contributed by atoms with Gasteiger partial charge in [0.2, 0.25) is 22.6 Å².